The molecule has 7 nitrogen and oxygen atoms in total. The van der Waals surface area contributed by atoms with Gasteiger partial charge in [-0.25, -0.2) is 9.97 Å². The summed E-state index contributed by atoms with van der Waals surface area (Å²) in [6.07, 6.45) is 4.48. The average Bonchev–Trinajstić information content (AvgIpc) is 2.70. The third-order valence-electron chi connectivity index (χ3n) is 4.22. The van der Waals surface area contributed by atoms with Gasteiger partial charge >= 0.3 is 5.69 Å². The highest BCUT2D eigenvalue weighted by Crippen LogP contribution is 2.35. The molecule has 3 aromatic rings. The molecule has 0 saturated carbocycles. The third-order valence-corrected chi connectivity index (χ3v) is 4.79. The molecule has 29 heavy (non-hydrogen) atoms. The predicted molar refractivity (Wildman–Crippen MR) is 117 cm³/mol. The molecule has 0 spiro atoms. The topological polar surface area (TPSA) is 93.0 Å². The summed E-state index contributed by atoms with van der Waals surface area (Å²) in [4.78, 5) is 19.2. The van der Waals surface area contributed by atoms with Crippen molar-refractivity contribution >= 4 is 51.9 Å². The lowest BCUT2D eigenvalue weighted by Gasteiger charge is -2.11. The molecule has 2 N–H and O–H groups in total. The van der Waals surface area contributed by atoms with Gasteiger partial charge in [-0.3, -0.25) is 10.1 Å². The van der Waals surface area contributed by atoms with Crippen LogP contribution in [0.4, 0.5) is 28.7 Å². The summed E-state index contributed by atoms with van der Waals surface area (Å²) in [5.41, 5.74) is 2.03. The summed E-state index contributed by atoms with van der Waals surface area (Å²) in [5, 5.41) is 18.4. The molecule has 0 aliphatic carbocycles. The summed E-state index contributed by atoms with van der Waals surface area (Å²) in [6.45, 7) is 2.15. The number of nitrogens with zero attached hydrogens (tertiary/aromatic N) is 3. The van der Waals surface area contributed by atoms with E-state index in [0.717, 1.165) is 19.3 Å². The standard InChI is InChI=1S/C20H19Cl2N5O2/c1-2-3-4-13-5-8-15(9-6-13)25-19-18(27(28)29)20(24-12-23-19)26-17-11-14(21)7-10-16(17)22/h5-12H,2-4H2,1H3,(H2,23,24,25,26). The summed E-state index contributed by atoms with van der Waals surface area (Å²) < 4.78 is 0. The van der Waals surface area contributed by atoms with Gasteiger partial charge in [-0.05, 0) is 48.7 Å². The molecule has 0 atom stereocenters. The van der Waals surface area contributed by atoms with Gasteiger partial charge in [0.15, 0.2) is 0 Å². The number of nitrogens with one attached hydrogen (secondary N) is 2. The number of aromatic nitrogens is 2. The van der Waals surface area contributed by atoms with Crippen LogP contribution in [0.3, 0.4) is 0 Å². The highest BCUT2D eigenvalue weighted by molar-refractivity contribution is 6.35. The first-order valence-corrected chi connectivity index (χ1v) is 9.81. The maximum Gasteiger partial charge on any atom is 0.353 e. The second-order valence-corrected chi connectivity index (χ2v) is 7.19. The summed E-state index contributed by atoms with van der Waals surface area (Å²) in [5.74, 6) is 0.0863. The van der Waals surface area contributed by atoms with E-state index >= 15 is 0 Å². The number of halogens is 2. The van der Waals surface area contributed by atoms with Gasteiger partial charge < -0.3 is 10.6 Å². The van der Waals surface area contributed by atoms with E-state index in [1.807, 2.05) is 24.3 Å². The smallest absolute Gasteiger partial charge is 0.334 e. The molecule has 0 unspecified atom stereocenters. The predicted octanol–water partition coefficient (Wildman–Crippen LogP) is 6.52. The van der Waals surface area contributed by atoms with Crippen LogP contribution in [0.25, 0.3) is 0 Å². The molecule has 0 aliphatic rings. The van der Waals surface area contributed by atoms with Crippen LogP contribution in [0, 0.1) is 10.1 Å². The lowest BCUT2D eigenvalue weighted by atomic mass is 10.1. The molecule has 0 saturated heterocycles. The molecule has 3 rings (SSSR count). The van der Waals surface area contributed by atoms with Gasteiger partial charge in [-0.15, -0.1) is 0 Å². The van der Waals surface area contributed by atoms with E-state index in [1.165, 1.54) is 11.9 Å². The van der Waals surface area contributed by atoms with Crippen LogP contribution < -0.4 is 10.6 Å². The zero-order valence-electron chi connectivity index (χ0n) is 15.7. The number of anilines is 4. The zero-order valence-corrected chi connectivity index (χ0v) is 17.2. The van der Waals surface area contributed by atoms with Gasteiger partial charge in [0.05, 0.1) is 15.6 Å². The number of hydrogen-bond donors (Lipinski definition) is 2. The van der Waals surface area contributed by atoms with Gasteiger partial charge in [0.2, 0.25) is 11.6 Å². The van der Waals surface area contributed by atoms with Gasteiger partial charge in [-0.1, -0.05) is 48.7 Å². The molecule has 150 valence electrons. The Morgan fingerprint density at radius 1 is 1.03 bits per heavy atom. The van der Waals surface area contributed by atoms with Gasteiger partial charge in [0.1, 0.15) is 6.33 Å². The zero-order chi connectivity index (χ0) is 20.8. The first-order valence-electron chi connectivity index (χ1n) is 9.05. The van der Waals surface area contributed by atoms with Crippen LogP contribution in [0.2, 0.25) is 10.0 Å². The van der Waals surface area contributed by atoms with Crippen molar-refractivity contribution in [2.45, 2.75) is 26.2 Å². The molecule has 0 bridgehead atoms. The average molecular weight is 432 g/mol. The van der Waals surface area contributed by atoms with Gasteiger partial charge in [0, 0.05) is 10.7 Å². The molecule has 9 heteroatoms. The highest BCUT2D eigenvalue weighted by Gasteiger charge is 2.24. The molecule has 0 aliphatic heterocycles. The van der Waals surface area contributed by atoms with Crippen molar-refractivity contribution in [1.29, 1.82) is 0 Å². The van der Waals surface area contributed by atoms with E-state index < -0.39 is 4.92 Å². The highest BCUT2D eigenvalue weighted by atomic mass is 35.5. The quantitative estimate of drug-likeness (QED) is 0.311. The summed E-state index contributed by atoms with van der Waals surface area (Å²) in [7, 11) is 0. The van der Waals surface area contributed by atoms with E-state index in [1.54, 1.807) is 18.2 Å². The van der Waals surface area contributed by atoms with Crippen molar-refractivity contribution < 1.29 is 4.92 Å². The Morgan fingerprint density at radius 3 is 2.38 bits per heavy atom. The van der Waals surface area contributed by atoms with E-state index in [2.05, 4.69) is 27.5 Å². The molecule has 0 radical (unpaired) electrons. The molecular formula is C20H19Cl2N5O2. The Kier molecular flexibility index (Phi) is 6.85. The van der Waals surface area contributed by atoms with Crippen LogP contribution in [-0.2, 0) is 6.42 Å². The van der Waals surface area contributed by atoms with Crippen molar-refractivity contribution in [3.05, 3.63) is 74.5 Å². The van der Waals surface area contributed by atoms with E-state index in [0.29, 0.717) is 21.4 Å². The number of rotatable bonds is 8. The second kappa shape index (κ2) is 9.54. The number of nitro groups is 1. The Hall–Kier alpha value is -2.90. The van der Waals surface area contributed by atoms with Crippen molar-refractivity contribution in [1.82, 2.24) is 9.97 Å². The largest absolute Gasteiger partial charge is 0.353 e. The Morgan fingerprint density at radius 2 is 1.72 bits per heavy atom. The Labute approximate surface area is 178 Å². The molecule has 2 aromatic carbocycles. The number of unbranched alkanes of at least 4 members (excludes halogenated alkanes) is 1. The van der Waals surface area contributed by atoms with E-state index in [-0.39, 0.29) is 17.3 Å². The first kappa shape index (κ1) is 20.8. The fourth-order valence-corrected chi connectivity index (χ4v) is 3.06. The Balaban J connectivity index is 1.89. The lowest BCUT2D eigenvalue weighted by Crippen LogP contribution is -2.05. The molecule has 0 fully saturated rings. The van der Waals surface area contributed by atoms with Crippen molar-refractivity contribution in [2.24, 2.45) is 0 Å². The number of hydrogen-bond acceptors (Lipinski definition) is 6. The fraction of sp³-hybridized carbons (Fsp3) is 0.200. The van der Waals surface area contributed by atoms with Crippen molar-refractivity contribution in [2.75, 3.05) is 10.6 Å². The van der Waals surface area contributed by atoms with Crippen LogP contribution in [0.5, 0.6) is 0 Å². The monoisotopic (exact) mass is 431 g/mol. The maximum atomic E-state index is 11.7. The minimum Gasteiger partial charge on any atom is -0.334 e. The lowest BCUT2D eigenvalue weighted by molar-refractivity contribution is -0.383. The normalized spacial score (nSPS) is 10.6. The number of benzene rings is 2. The van der Waals surface area contributed by atoms with Gasteiger partial charge in [0.25, 0.3) is 0 Å². The molecule has 0 amide bonds. The molecule has 1 heterocycles. The van der Waals surface area contributed by atoms with Crippen molar-refractivity contribution in [3.8, 4) is 0 Å². The third kappa shape index (κ3) is 5.34. The van der Waals surface area contributed by atoms with Crippen LogP contribution >= 0.6 is 23.2 Å². The van der Waals surface area contributed by atoms with Crippen LogP contribution in [-0.4, -0.2) is 14.9 Å². The summed E-state index contributed by atoms with van der Waals surface area (Å²) >= 11 is 12.1. The SMILES string of the molecule is CCCCc1ccc(Nc2ncnc(Nc3cc(Cl)ccc3Cl)c2[N+](=O)[O-])cc1. The van der Waals surface area contributed by atoms with E-state index in [4.69, 9.17) is 23.2 Å². The van der Waals surface area contributed by atoms with Gasteiger partial charge in [-0.2, -0.15) is 0 Å². The van der Waals surface area contributed by atoms with Crippen LogP contribution in [0.1, 0.15) is 25.3 Å². The minimum atomic E-state index is -0.543. The summed E-state index contributed by atoms with van der Waals surface area (Å²) in [6, 6.07) is 12.5. The maximum absolute atomic E-state index is 11.7. The minimum absolute atomic E-state index is 0.0104. The fourth-order valence-electron chi connectivity index (χ4n) is 2.73. The number of aryl methyl sites for hydroxylation is 1. The van der Waals surface area contributed by atoms with E-state index in [9.17, 15) is 10.1 Å². The van der Waals surface area contributed by atoms with Crippen LogP contribution in [0.15, 0.2) is 48.8 Å². The van der Waals surface area contributed by atoms with Crippen molar-refractivity contribution in [3.63, 3.8) is 0 Å². The second-order valence-electron chi connectivity index (χ2n) is 6.35. The molecular weight excluding hydrogens is 413 g/mol. The first-order chi connectivity index (χ1) is 14.0. The Bertz CT molecular complexity index is 1010. The molecule has 1 aromatic heterocycles.